The van der Waals surface area contributed by atoms with Gasteiger partial charge in [0, 0.05) is 36.0 Å². The Bertz CT molecular complexity index is 674. The summed E-state index contributed by atoms with van der Waals surface area (Å²) in [4.78, 5) is 15.4. The average molecular weight is 292 g/mol. The van der Waals surface area contributed by atoms with E-state index in [-0.39, 0.29) is 12.2 Å². The number of halogens is 1. The third-order valence-corrected chi connectivity index (χ3v) is 3.19. The van der Waals surface area contributed by atoms with Crippen LogP contribution in [0.25, 0.3) is 10.9 Å². The van der Waals surface area contributed by atoms with Crippen LogP contribution in [0.4, 0.5) is 10.1 Å². The molecule has 0 radical (unpaired) electrons. The predicted octanol–water partition coefficient (Wildman–Crippen LogP) is 2.37. The number of rotatable bonds is 6. The number of aliphatic carboxylic acids is 1. The van der Waals surface area contributed by atoms with Crippen molar-refractivity contribution in [1.82, 2.24) is 4.98 Å². The van der Waals surface area contributed by atoms with Crippen molar-refractivity contribution in [2.75, 3.05) is 25.6 Å². The molecule has 0 saturated carbocycles. The summed E-state index contributed by atoms with van der Waals surface area (Å²) in [5.74, 6) is -1.34. The van der Waals surface area contributed by atoms with E-state index < -0.39 is 5.97 Å². The van der Waals surface area contributed by atoms with Crippen LogP contribution in [0.1, 0.15) is 11.3 Å². The van der Waals surface area contributed by atoms with E-state index in [1.165, 1.54) is 12.1 Å². The van der Waals surface area contributed by atoms with Crippen LogP contribution >= 0.6 is 0 Å². The fourth-order valence-electron chi connectivity index (χ4n) is 2.25. The number of fused-ring (bicyclic) bond motifs is 1. The molecule has 2 N–H and O–H groups in total. The summed E-state index contributed by atoms with van der Waals surface area (Å²) in [6.45, 7) is 2.71. The van der Waals surface area contributed by atoms with Crippen LogP contribution in [0, 0.1) is 12.7 Å². The van der Waals surface area contributed by atoms with Crippen molar-refractivity contribution in [1.29, 1.82) is 0 Å². The first kappa shape index (κ1) is 15.2. The highest BCUT2D eigenvalue weighted by molar-refractivity contribution is 5.94. The molecule has 1 aromatic carbocycles. The summed E-state index contributed by atoms with van der Waals surface area (Å²) in [7, 11) is 1.58. The summed E-state index contributed by atoms with van der Waals surface area (Å²) in [6.07, 6.45) is -0.166. The molecular formula is C15H17FN2O3. The lowest BCUT2D eigenvalue weighted by Crippen LogP contribution is -2.13. The van der Waals surface area contributed by atoms with Gasteiger partial charge in [-0.25, -0.2) is 4.39 Å². The minimum absolute atomic E-state index is 0.166. The van der Waals surface area contributed by atoms with Crippen LogP contribution in [0.15, 0.2) is 18.2 Å². The standard InChI is InChI=1S/C15H17FN2O3/c1-9-11(8-14(19)20)15(17-5-6-21-2)12-7-10(16)3-4-13(12)18-9/h3-4,7H,5-6,8H2,1-2H3,(H,17,18)(H,19,20). The Morgan fingerprint density at radius 3 is 2.90 bits per heavy atom. The molecule has 1 aromatic heterocycles. The molecular weight excluding hydrogens is 275 g/mol. The summed E-state index contributed by atoms with van der Waals surface area (Å²) < 4.78 is 18.5. The Balaban J connectivity index is 2.58. The van der Waals surface area contributed by atoms with Gasteiger partial charge in [0.15, 0.2) is 0 Å². The summed E-state index contributed by atoms with van der Waals surface area (Å²) in [6, 6.07) is 4.29. The molecule has 0 saturated heterocycles. The molecule has 112 valence electrons. The lowest BCUT2D eigenvalue weighted by Gasteiger charge is -2.16. The third kappa shape index (κ3) is 3.46. The van der Waals surface area contributed by atoms with E-state index in [1.807, 2.05) is 0 Å². The number of pyridine rings is 1. The lowest BCUT2D eigenvalue weighted by atomic mass is 10.0. The van der Waals surface area contributed by atoms with E-state index in [9.17, 15) is 9.18 Å². The predicted molar refractivity (Wildman–Crippen MR) is 78.1 cm³/mol. The number of nitrogens with one attached hydrogen (secondary N) is 1. The molecule has 0 atom stereocenters. The van der Waals surface area contributed by atoms with Gasteiger partial charge >= 0.3 is 5.97 Å². The normalized spacial score (nSPS) is 10.8. The molecule has 0 amide bonds. The molecule has 0 fully saturated rings. The van der Waals surface area contributed by atoms with E-state index in [0.717, 1.165) is 0 Å². The maximum absolute atomic E-state index is 13.5. The molecule has 0 spiro atoms. The number of aryl methyl sites for hydroxylation is 1. The molecule has 0 aliphatic carbocycles. The van der Waals surface area contributed by atoms with Gasteiger partial charge in [-0.3, -0.25) is 9.78 Å². The van der Waals surface area contributed by atoms with Crippen molar-refractivity contribution in [3.05, 3.63) is 35.3 Å². The fraction of sp³-hybridized carbons (Fsp3) is 0.333. The maximum atomic E-state index is 13.5. The zero-order valence-corrected chi connectivity index (χ0v) is 11.9. The van der Waals surface area contributed by atoms with Gasteiger partial charge < -0.3 is 15.2 Å². The van der Waals surface area contributed by atoms with Gasteiger partial charge in [0.25, 0.3) is 0 Å². The first-order chi connectivity index (χ1) is 10.0. The summed E-state index contributed by atoms with van der Waals surface area (Å²) in [5.41, 5.74) is 2.42. The number of carboxylic acid groups (broad SMARTS) is 1. The number of carboxylic acids is 1. The number of methoxy groups -OCH3 is 1. The minimum Gasteiger partial charge on any atom is -0.481 e. The second-order valence-electron chi connectivity index (χ2n) is 4.70. The van der Waals surface area contributed by atoms with Crippen LogP contribution in [-0.4, -0.2) is 36.3 Å². The third-order valence-electron chi connectivity index (χ3n) is 3.19. The van der Waals surface area contributed by atoms with Crippen LogP contribution in [-0.2, 0) is 16.0 Å². The Labute approximate surface area is 121 Å². The van der Waals surface area contributed by atoms with E-state index >= 15 is 0 Å². The number of hydrogen-bond donors (Lipinski definition) is 2. The maximum Gasteiger partial charge on any atom is 0.307 e. The number of aromatic nitrogens is 1. The zero-order valence-electron chi connectivity index (χ0n) is 11.9. The van der Waals surface area contributed by atoms with Gasteiger partial charge in [0.2, 0.25) is 0 Å². The van der Waals surface area contributed by atoms with Gasteiger partial charge in [-0.2, -0.15) is 0 Å². The van der Waals surface area contributed by atoms with E-state index in [1.54, 1.807) is 20.1 Å². The fourth-order valence-corrected chi connectivity index (χ4v) is 2.25. The van der Waals surface area contributed by atoms with Crippen molar-refractivity contribution in [2.24, 2.45) is 0 Å². The highest BCUT2D eigenvalue weighted by Crippen LogP contribution is 2.29. The monoisotopic (exact) mass is 292 g/mol. The molecule has 2 rings (SSSR count). The van der Waals surface area contributed by atoms with Crippen LogP contribution in [0.3, 0.4) is 0 Å². The van der Waals surface area contributed by atoms with Crippen molar-refractivity contribution in [2.45, 2.75) is 13.3 Å². The number of hydrogen-bond acceptors (Lipinski definition) is 4. The molecule has 0 bridgehead atoms. The number of carbonyl (C=O) groups is 1. The Morgan fingerprint density at radius 1 is 1.48 bits per heavy atom. The average Bonchev–Trinajstić information content (AvgIpc) is 2.42. The van der Waals surface area contributed by atoms with Gasteiger partial charge in [0.05, 0.1) is 18.5 Å². The second kappa shape index (κ2) is 6.49. The minimum atomic E-state index is -0.953. The molecule has 0 aliphatic rings. The van der Waals surface area contributed by atoms with Gasteiger partial charge in [-0.15, -0.1) is 0 Å². The Hall–Kier alpha value is -2.21. The van der Waals surface area contributed by atoms with E-state index in [0.29, 0.717) is 41.0 Å². The van der Waals surface area contributed by atoms with Crippen LogP contribution < -0.4 is 5.32 Å². The highest BCUT2D eigenvalue weighted by atomic mass is 19.1. The summed E-state index contributed by atoms with van der Waals surface area (Å²) in [5, 5.41) is 12.8. The molecule has 21 heavy (non-hydrogen) atoms. The van der Waals surface area contributed by atoms with E-state index in [4.69, 9.17) is 9.84 Å². The van der Waals surface area contributed by atoms with Crippen molar-refractivity contribution in [3.8, 4) is 0 Å². The second-order valence-corrected chi connectivity index (χ2v) is 4.70. The van der Waals surface area contributed by atoms with Gasteiger partial charge in [-0.1, -0.05) is 0 Å². The number of nitrogens with zero attached hydrogens (tertiary/aromatic N) is 1. The molecule has 0 aliphatic heterocycles. The Kier molecular flexibility index (Phi) is 4.70. The van der Waals surface area contributed by atoms with Crippen molar-refractivity contribution < 1.29 is 19.0 Å². The number of anilines is 1. The number of ether oxygens (including phenoxy) is 1. The molecule has 2 aromatic rings. The largest absolute Gasteiger partial charge is 0.481 e. The SMILES string of the molecule is COCCNc1c(CC(=O)O)c(C)nc2ccc(F)cc12. The summed E-state index contributed by atoms with van der Waals surface area (Å²) >= 11 is 0. The molecule has 1 heterocycles. The Morgan fingerprint density at radius 2 is 2.24 bits per heavy atom. The highest BCUT2D eigenvalue weighted by Gasteiger charge is 2.15. The zero-order chi connectivity index (χ0) is 15.4. The molecule has 0 unspecified atom stereocenters. The first-order valence-corrected chi connectivity index (χ1v) is 6.56. The molecule has 5 nitrogen and oxygen atoms in total. The topological polar surface area (TPSA) is 71.5 Å². The van der Waals surface area contributed by atoms with Crippen LogP contribution in [0.2, 0.25) is 0 Å². The lowest BCUT2D eigenvalue weighted by molar-refractivity contribution is -0.136. The first-order valence-electron chi connectivity index (χ1n) is 6.56. The van der Waals surface area contributed by atoms with Crippen molar-refractivity contribution in [3.63, 3.8) is 0 Å². The van der Waals surface area contributed by atoms with E-state index in [2.05, 4.69) is 10.3 Å². The van der Waals surface area contributed by atoms with Gasteiger partial charge in [-0.05, 0) is 25.1 Å². The number of benzene rings is 1. The van der Waals surface area contributed by atoms with Crippen molar-refractivity contribution >= 4 is 22.6 Å². The van der Waals surface area contributed by atoms with Gasteiger partial charge in [0.1, 0.15) is 5.82 Å². The smallest absolute Gasteiger partial charge is 0.307 e. The van der Waals surface area contributed by atoms with Crippen LogP contribution in [0.5, 0.6) is 0 Å². The molecule has 6 heteroatoms. The quantitative estimate of drug-likeness (QED) is 0.800.